The molecule has 1 saturated carbocycles. The quantitative estimate of drug-likeness (QED) is 0.901. The van der Waals surface area contributed by atoms with Crippen LogP contribution in [-0.4, -0.2) is 26.3 Å². The monoisotopic (exact) mass is 274 g/mol. The summed E-state index contributed by atoms with van der Waals surface area (Å²) in [6.07, 6.45) is 6.08. The molecule has 2 N–H and O–H groups in total. The minimum atomic E-state index is -0.127. The minimum Gasteiger partial charge on any atom is -0.378 e. The van der Waals surface area contributed by atoms with Gasteiger partial charge in [0.05, 0.1) is 13.2 Å². The standard InChI is InChI=1S/C17H26N2O/c1-14-5-6-16(19-9-11-20-12-10-19)15(13-14)17(18)7-3-2-4-8-17/h5-6,13H,2-4,7-12,18H2,1H3. The Morgan fingerprint density at radius 1 is 1.10 bits per heavy atom. The third-order valence-electron chi connectivity index (χ3n) is 4.79. The summed E-state index contributed by atoms with van der Waals surface area (Å²) < 4.78 is 5.48. The van der Waals surface area contributed by atoms with Gasteiger partial charge in [-0.05, 0) is 31.4 Å². The van der Waals surface area contributed by atoms with Crippen molar-refractivity contribution in [3.8, 4) is 0 Å². The summed E-state index contributed by atoms with van der Waals surface area (Å²) in [6, 6.07) is 6.79. The van der Waals surface area contributed by atoms with E-state index in [1.54, 1.807) is 0 Å². The minimum absolute atomic E-state index is 0.127. The second-order valence-electron chi connectivity index (χ2n) is 6.34. The maximum Gasteiger partial charge on any atom is 0.0642 e. The van der Waals surface area contributed by atoms with Crippen molar-refractivity contribution in [1.82, 2.24) is 0 Å². The summed E-state index contributed by atoms with van der Waals surface area (Å²) >= 11 is 0. The molecule has 0 radical (unpaired) electrons. The summed E-state index contributed by atoms with van der Waals surface area (Å²) in [7, 11) is 0. The van der Waals surface area contributed by atoms with Gasteiger partial charge in [-0.15, -0.1) is 0 Å². The van der Waals surface area contributed by atoms with Gasteiger partial charge in [0, 0.05) is 24.3 Å². The molecule has 2 fully saturated rings. The summed E-state index contributed by atoms with van der Waals surface area (Å²) in [5.41, 5.74) is 10.7. The molecule has 3 nitrogen and oxygen atoms in total. The average molecular weight is 274 g/mol. The second-order valence-corrected chi connectivity index (χ2v) is 6.34. The molecule has 2 aliphatic rings. The van der Waals surface area contributed by atoms with E-state index in [-0.39, 0.29) is 5.54 Å². The third-order valence-corrected chi connectivity index (χ3v) is 4.79. The van der Waals surface area contributed by atoms with Crippen molar-refractivity contribution >= 4 is 5.69 Å². The Morgan fingerprint density at radius 2 is 1.80 bits per heavy atom. The van der Waals surface area contributed by atoms with E-state index in [4.69, 9.17) is 10.5 Å². The van der Waals surface area contributed by atoms with Crippen molar-refractivity contribution in [2.45, 2.75) is 44.6 Å². The fraction of sp³-hybridized carbons (Fsp3) is 0.647. The van der Waals surface area contributed by atoms with E-state index >= 15 is 0 Å². The molecule has 0 atom stereocenters. The largest absolute Gasteiger partial charge is 0.378 e. The van der Waals surface area contributed by atoms with Gasteiger partial charge in [0.2, 0.25) is 0 Å². The van der Waals surface area contributed by atoms with Gasteiger partial charge in [-0.3, -0.25) is 0 Å². The van der Waals surface area contributed by atoms with Crippen LogP contribution in [0.4, 0.5) is 5.69 Å². The lowest BCUT2D eigenvalue weighted by Crippen LogP contribution is -2.42. The van der Waals surface area contributed by atoms with Crippen LogP contribution >= 0.6 is 0 Å². The maximum atomic E-state index is 6.80. The average Bonchev–Trinajstić information content (AvgIpc) is 2.49. The lowest BCUT2D eigenvalue weighted by molar-refractivity contribution is 0.122. The molecule has 1 heterocycles. The van der Waals surface area contributed by atoms with E-state index in [9.17, 15) is 0 Å². The Hall–Kier alpha value is -1.06. The Morgan fingerprint density at radius 3 is 2.50 bits per heavy atom. The van der Waals surface area contributed by atoms with Crippen LogP contribution in [0.5, 0.6) is 0 Å². The molecule has 20 heavy (non-hydrogen) atoms. The van der Waals surface area contributed by atoms with Crippen molar-refractivity contribution in [2.24, 2.45) is 5.73 Å². The van der Waals surface area contributed by atoms with Crippen LogP contribution in [0, 0.1) is 6.92 Å². The van der Waals surface area contributed by atoms with Gasteiger partial charge in [0.1, 0.15) is 0 Å². The van der Waals surface area contributed by atoms with E-state index in [1.165, 1.54) is 36.1 Å². The van der Waals surface area contributed by atoms with Crippen LogP contribution in [0.15, 0.2) is 18.2 Å². The number of anilines is 1. The van der Waals surface area contributed by atoms with Crippen LogP contribution in [0.1, 0.15) is 43.2 Å². The maximum absolute atomic E-state index is 6.80. The number of nitrogens with zero attached hydrogens (tertiary/aromatic N) is 1. The van der Waals surface area contributed by atoms with Crippen molar-refractivity contribution in [1.29, 1.82) is 0 Å². The molecule has 1 aromatic carbocycles. The summed E-state index contributed by atoms with van der Waals surface area (Å²) in [5, 5.41) is 0. The second kappa shape index (κ2) is 5.74. The number of hydrogen-bond acceptors (Lipinski definition) is 3. The highest BCUT2D eigenvalue weighted by Gasteiger charge is 2.33. The number of benzene rings is 1. The van der Waals surface area contributed by atoms with Crippen molar-refractivity contribution in [3.05, 3.63) is 29.3 Å². The first-order chi connectivity index (χ1) is 9.69. The van der Waals surface area contributed by atoms with Gasteiger partial charge in [-0.2, -0.15) is 0 Å². The molecule has 1 aromatic rings. The molecule has 0 unspecified atom stereocenters. The molecule has 1 aliphatic heterocycles. The van der Waals surface area contributed by atoms with Gasteiger partial charge in [0.15, 0.2) is 0 Å². The van der Waals surface area contributed by atoms with Crippen molar-refractivity contribution in [2.75, 3.05) is 31.2 Å². The lowest BCUT2D eigenvalue weighted by Gasteiger charge is -2.39. The van der Waals surface area contributed by atoms with E-state index in [0.717, 1.165) is 39.1 Å². The van der Waals surface area contributed by atoms with Gasteiger partial charge in [-0.1, -0.05) is 37.0 Å². The molecule has 0 bridgehead atoms. The first kappa shape index (κ1) is 13.9. The predicted molar refractivity (Wildman–Crippen MR) is 83.2 cm³/mol. The fourth-order valence-electron chi connectivity index (χ4n) is 3.58. The molecule has 0 aromatic heterocycles. The number of nitrogens with two attached hydrogens (primary N) is 1. The highest BCUT2D eigenvalue weighted by Crippen LogP contribution is 2.40. The molecule has 3 heteroatoms. The molecular weight excluding hydrogens is 248 g/mol. The third kappa shape index (κ3) is 2.70. The first-order valence-electron chi connectivity index (χ1n) is 7.92. The first-order valence-corrected chi connectivity index (χ1v) is 7.92. The zero-order valence-corrected chi connectivity index (χ0v) is 12.5. The van der Waals surface area contributed by atoms with E-state index < -0.39 is 0 Å². The van der Waals surface area contributed by atoms with Crippen LogP contribution in [0.25, 0.3) is 0 Å². The Kier molecular flexibility index (Phi) is 3.99. The SMILES string of the molecule is Cc1ccc(N2CCOCC2)c(C2(N)CCCCC2)c1. The molecule has 3 rings (SSSR count). The Bertz CT molecular complexity index is 460. The zero-order valence-electron chi connectivity index (χ0n) is 12.5. The topological polar surface area (TPSA) is 38.5 Å². The smallest absolute Gasteiger partial charge is 0.0642 e. The van der Waals surface area contributed by atoms with Crippen LogP contribution < -0.4 is 10.6 Å². The van der Waals surface area contributed by atoms with Crippen LogP contribution in [-0.2, 0) is 10.3 Å². The molecule has 1 aliphatic carbocycles. The summed E-state index contributed by atoms with van der Waals surface area (Å²) in [6.45, 7) is 5.77. The molecular formula is C17H26N2O. The van der Waals surface area contributed by atoms with Crippen LogP contribution in [0.3, 0.4) is 0 Å². The number of ether oxygens (including phenoxy) is 1. The van der Waals surface area contributed by atoms with Crippen molar-refractivity contribution in [3.63, 3.8) is 0 Å². The number of morpholine rings is 1. The highest BCUT2D eigenvalue weighted by molar-refractivity contribution is 5.58. The molecule has 110 valence electrons. The zero-order chi connectivity index (χ0) is 14.0. The summed E-state index contributed by atoms with van der Waals surface area (Å²) in [4.78, 5) is 2.45. The number of aryl methyl sites for hydroxylation is 1. The van der Waals surface area contributed by atoms with Crippen molar-refractivity contribution < 1.29 is 4.74 Å². The van der Waals surface area contributed by atoms with E-state index in [0.29, 0.717) is 0 Å². The predicted octanol–water partition coefficient (Wildman–Crippen LogP) is 2.95. The Balaban J connectivity index is 1.97. The number of rotatable bonds is 2. The van der Waals surface area contributed by atoms with Gasteiger partial charge in [0.25, 0.3) is 0 Å². The van der Waals surface area contributed by atoms with Gasteiger partial charge < -0.3 is 15.4 Å². The van der Waals surface area contributed by atoms with Gasteiger partial charge in [-0.25, -0.2) is 0 Å². The van der Waals surface area contributed by atoms with E-state index in [2.05, 4.69) is 30.0 Å². The van der Waals surface area contributed by atoms with E-state index in [1.807, 2.05) is 0 Å². The Labute approximate surface area is 122 Å². The van der Waals surface area contributed by atoms with Gasteiger partial charge >= 0.3 is 0 Å². The highest BCUT2D eigenvalue weighted by atomic mass is 16.5. The number of hydrogen-bond donors (Lipinski definition) is 1. The lowest BCUT2D eigenvalue weighted by atomic mass is 9.76. The normalized spacial score (nSPS) is 22.8. The molecule has 0 spiro atoms. The fourth-order valence-corrected chi connectivity index (χ4v) is 3.58. The van der Waals surface area contributed by atoms with Crippen LogP contribution in [0.2, 0.25) is 0 Å². The molecule has 0 amide bonds. The molecule has 1 saturated heterocycles. The summed E-state index contributed by atoms with van der Waals surface area (Å²) in [5.74, 6) is 0.